The highest BCUT2D eigenvalue weighted by Crippen LogP contribution is 2.21. The first kappa shape index (κ1) is 12.9. The molecule has 3 rings (SSSR count). The van der Waals surface area contributed by atoms with Crippen molar-refractivity contribution < 1.29 is 4.74 Å². The molecular weight excluding hydrogens is 262 g/mol. The van der Waals surface area contributed by atoms with Gasteiger partial charge >= 0.3 is 0 Å². The monoisotopic (exact) mass is 279 g/mol. The normalized spacial score (nSPS) is 20.0. The van der Waals surface area contributed by atoms with Crippen molar-refractivity contribution >= 4 is 22.8 Å². The van der Waals surface area contributed by atoms with Crippen LogP contribution in [0.25, 0.3) is 11.2 Å². The molecule has 0 aliphatic carbocycles. The number of ether oxygens (including phenoxy) is 1. The Morgan fingerprint density at radius 1 is 1.42 bits per heavy atom. The van der Waals surface area contributed by atoms with E-state index in [9.17, 15) is 0 Å². The Morgan fingerprint density at radius 2 is 2.32 bits per heavy atom. The average Bonchev–Trinajstić information content (AvgIpc) is 2.78. The summed E-state index contributed by atoms with van der Waals surface area (Å²) in [4.78, 5) is 9.18. The van der Waals surface area contributed by atoms with Crippen molar-refractivity contribution in [3.05, 3.63) is 23.7 Å². The Kier molecular flexibility index (Phi) is 3.71. The van der Waals surface area contributed by atoms with E-state index in [0.717, 1.165) is 48.9 Å². The molecule has 102 valence electrons. The van der Waals surface area contributed by atoms with Gasteiger partial charge in [0.15, 0.2) is 5.65 Å². The second kappa shape index (κ2) is 5.47. The van der Waals surface area contributed by atoms with E-state index in [1.165, 1.54) is 6.42 Å². The fourth-order valence-electron chi connectivity index (χ4n) is 2.65. The number of alkyl halides is 1. The highest BCUT2D eigenvalue weighted by Gasteiger charge is 2.18. The van der Waals surface area contributed by atoms with Crippen LogP contribution in [0.5, 0.6) is 0 Å². The Morgan fingerprint density at radius 3 is 3.05 bits per heavy atom. The quantitative estimate of drug-likeness (QED) is 0.811. The van der Waals surface area contributed by atoms with Gasteiger partial charge in [-0.05, 0) is 31.9 Å². The van der Waals surface area contributed by atoms with Gasteiger partial charge in [-0.2, -0.15) is 0 Å². The molecule has 0 aromatic carbocycles. The van der Waals surface area contributed by atoms with Crippen LogP contribution in [0.2, 0.25) is 0 Å². The molecule has 1 aliphatic rings. The number of rotatable bonds is 3. The molecule has 1 unspecified atom stereocenters. The molecule has 0 amide bonds. The predicted molar refractivity (Wildman–Crippen MR) is 75.4 cm³/mol. The van der Waals surface area contributed by atoms with Gasteiger partial charge in [0.1, 0.15) is 11.3 Å². The Bertz CT molecular complexity index is 575. The molecule has 0 N–H and O–H groups in total. The number of halogens is 1. The van der Waals surface area contributed by atoms with Crippen LogP contribution in [0, 0.1) is 12.8 Å². The van der Waals surface area contributed by atoms with Crippen molar-refractivity contribution in [2.75, 3.05) is 13.2 Å². The third kappa shape index (κ3) is 2.60. The number of pyridine rings is 1. The van der Waals surface area contributed by atoms with Crippen LogP contribution in [0.3, 0.4) is 0 Å². The van der Waals surface area contributed by atoms with Crippen LogP contribution in [0.1, 0.15) is 24.4 Å². The summed E-state index contributed by atoms with van der Waals surface area (Å²) in [5, 5.41) is 0. The molecule has 0 radical (unpaired) electrons. The summed E-state index contributed by atoms with van der Waals surface area (Å²) < 4.78 is 7.71. The number of nitrogens with zero attached hydrogens (tertiary/aromatic N) is 3. The minimum absolute atomic E-state index is 0.420. The van der Waals surface area contributed by atoms with Crippen LogP contribution >= 0.6 is 11.6 Å². The first-order valence-electron chi connectivity index (χ1n) is 6.74. The maximum Gasteiger partial charge on any atom is 0.160 e. The van der Waals surface area contributed by atoms with Crippen LogP contribution in [-0.2, 0) is 17.2 Å². The lowest BCUT2D eigenvalue weighted by atomic mass is 10.0. The van der Waals surface area contributed by atoms with Gasteiger partial charge in [0.25, 0.3) is 0 Å². The van der Waals surface area contributed by atoms with Crippen LogP contribution in [-0.4, -0.2) is 27.7 Å². The number of hydrogen-bond acceptors (Lipinski definition) is 3. The largest absolute Gasteiger partial charge is 0.381 e. The molecule has 0 spiro atoms. The first-order chi connectivity index (χ1) is 9.28. The molecular formula is C14H18ClN3O. The second-order valence-electron chi connectivity index (χ2n) is 5.15. The summed E-state index contributed by atoms with van der Waals surface area (Å²) in [5.41, 5.74) is 2.88. The van der Waals surface area contributed by atoms with E-state index in [1.807, 2.05) is 19.1 Å². The lowest BCUT2D eigenvalue weighted by molar-refractivity contribution is 0.0485. The van der Waals surface area contributed by atoms with Crippen molar-refractivity contribution in [2.45, 2.75) is 32.2 Å². The zero-order chi connectivity index (χ0) is 13.2. The van der Waals surface area contributed by atoms with E-state index < -0.39 is 0 Å². The predicted octanol–water partition coefficient (Wildman–Crippen LogP) is 2.91. The van der Waals surface area contributed by atoms with Crippen LogP contribution in [0.15, 0.2) is 12.1 Å². The molecule has 1 aliphatic heterocycles. The molecule has 1 atom stereocenters. The molecule has 0 bridgehead atoms. The summed E-state index contributed by atoms with van der Waals surface area (Å²) in [6.45, 7) is 4.62. The maximum atomic E-state index is 6.02. The zero-order valence-corrected chi connectivity index (χ0v) is 11.9. The second-order valence-corrected chi connectivity index (χ2v) is 5.42. The maximum absolute atomic E-state index is 6.02. The molecule has 5 heteroatoms. The summed E-state index contributed by atoms with van der Waals surface area (Å²) in [7, 11) is 0. The van der Waals surface area contributed by atoms with Crippen molar-refractivity contribution in [3.8, 4) is 0 Å². The highest BCUT2D eigenvalue weighted by molar-refractivity contribution is 6.16. The lowest BCUT2D eigenvalue weighted by Crippen LogP contribution is -2.23. The minimum atomic E-state index is 0.420. The summed E-state index contributed by atoms with van der Waals surface area (Å²) in [5.74, 6) is 1.86. The van der Waals surface area contributed by atoms with Crippen molar-refractivity contribution in [1.29, 1.82) is 0 Å². The molecule has 0 saturated carbocycles. The minimum Gasteiger partial charge on any atom is -0.381 e. The molecule has 2 aromatic rings. The smallest absolute Gasteiger partial charge is 0.160 e. The fraction of sp³-hybridized carbons (Fsp3) is 0.571. The van der Waals surface area contributed by atoms with Gasteiger partial charge in [0, 0.05) is 24.8 Å². The first-order valence-corrected chi connectivity index (χ1v) is 7.28. The summed E-state index contributed by atoms with van der Waals surface area (Å²) in [6, 6.07) is 4.00. The van der Waals surface area contributed by atoms with Gasteiger partial charge in [-0.15, -0.1) is 11.6 Å². The van der Waals surface area contributed by atoms with E-state index >= 15 is 0 Å². The van der Waals surface area contributed by atoms with E-state index in [2.05, 4.69) is 14.5 Å². The Labute approximate surface area is 117 Å². The zero-order valence-electron chi connectivity index (χ0n) is 11.1. The average molecular weight is 280 g/mol. The molecule has 3 heterocycles. The highest BCUT2D eigenvalue weighted by atomic mass is 35.5. The van der Waals surface area contributed by atoms with E-state index in [4.69, 9.17) is 16.3 Å². The van der Waals surface area contributed by atoms with Gasteiger partial charge in [0.2, 0.25) is 0 Å². The molecule has 4 nitrogen and oxygen atoms in total. The van der Waals surface area contributed by atoms with Gasteiger partial charge < -0.3 is 9.30 Å². The van der Waals surface area contributed by atoms with Crippen molar-refractivity contribution in [2.24, 2.45) is 5.92 Å². The standard InChI is InChI=1S/C14H18ClN3O/c1-10-4-5-12-14(16-10)18(13(7-15)17-12)8-11-3-2-6-19-9-11/h4-5,11H,2-3,6-9H2,1H3. The van der Waals surface area contributed by atoms with Gasteiger partial charge in [-0.3, -0.25) is 0 Å². The molecule has 1 saturated heterocycles. The summed E-state index contributed by atoms with van der Waals surface area (Å²) in [6.07, 6.45) is 2.34. The van der Waals surface area contributed by atoms with Crippen molar-refractivity contribution in [1.82, 2.24) is 14.5 Å². The number of imidazole rings is 1. The number of aromatic nitrogens is 3. The topological polar surface area (TPSA) is 39.9 Å². The Balaban J connectivity index is 1.97. The van der Waals surface area contributed by atoms with Crippen LogP contribution < -0.4 is 0 Å². The molecule has 2 aromatic heterocycles. The van der Waals surface area contributed by atoms with E-state index in [0.29, 0.717) is 11.8 Å². The molecule has 19 heavy (non-hydrogen) atoms. The van der Waals surface area contributed by atoms with Gasteiger partial charge in [0.05, 0.1) is 12.5 Å². The number of aryl methyl sites for hydroxylation is 1. The van der Waals surface area contributed by atoms with Gasteiger partial charge in [-0.25, -0.2) is 9.97 Å². The summed E-state index contributed by atoms with van der Waals surface area (Å²) >= 11 is 6.02. The Hall–Kier alpha value is -1.13. The lowest BCUT2D eigenvalue weighted by Gasteiger charge is -2.23. The van der Waals surface area contributed by atoms with Crippen LogP contribution in [0.4, 0.5) is 0 Å². The van der Waals surface area contributed by atoms with E-state index in [-0.39, 0.29) is 0 Å². The fourth-order valence-corrected chi connectivity index (χ4v) is 2.85. The third-order valence-electron chi connectivity index (χ3n) is 3.63. The van der Waals surface area contributed by atoms with Gasteiger partial charge in [-0.1, -0.05) is 0 Å². The number of fused-ring (bicyclic) bond motifs is 1. The molecule has 1 fully saturated rings. The number of hydrogen-bond donors (Lipinski definition) is 0. The van der Waals surface area contributed by atoms with E-state index in [1.54, 1.807) is 0 Å². The van der Waals surface area contributed by atoms with Crippen molar-refractivity contribution in [3.63, 3.8) is 0 Å². The SMILES string of the molecule is Cc1ccc2nc(CCl)n(CC3CCCOC3)c2n1. The third-order valence-corrected chi connectivity index (χ3v) is 3.86.